The Morgan fingerprint density at radius 1 is 1.07 bits per heavy atom. The Bertz CT molecular complexity index is 889. The molecule has 3 aliphatic rings. The molecule has 1 saturated heterocycles. The van der Waals surface area contributed by atoms with Gasteiger partial charge in [0.2, 0.25) is 0 Å². The zero-order chi connectivity index (χ0) is 21.1. The normalized spacial score (nSPS) is 23.7. The third-order valence-electron chi connectivity index (χ3n) is 4.13. The van der Waals surface area contributed by atoms with Crippen LogP contribution in [0.4, 0.5) is 0 Å². The van der Waals surface area contributed by atoms with Crippen LogP contribution >= 0.6 is 11.8 Å². The summed E-state index contributed by atoms with van der Waals surface area (Å²) in [5, 5.41) is 0.671. The first kappa shape index (κ1) is 21.0. The number of rotatable bonds is 6. The van der Waals surface area contributed by atoms with E-state index in [1.807, 2.05) is 6.26 Å². The molecule has 0 aromatic heterocycles. The number of carbonyl (C=O) groups is 3. The van der Waals surface area contributed by atoms with Crippen LogP contribution < -0.4 is 0 Å². The van der Waals surface area contributed by atoms with Gasteiger partial charge in [0, 0.05) is 20.8 Å². The molecule has 0 radical (unpaired) electrons. The van der Waals surface area contributed by atoms with Gasteiger partial charge in [0.05, 0.1) is 0 Å². The van der Waals surface area contributed by atoms with Crippen LogP contribution in [0.15, 0.2) is 17.7 Å². The highest BCUT2D eigenvalue weighted by Gasteiger charge is 2.51. The third-order valence-corrected chi connectivity index (χ3v) is 4.92. The van der Waals surface area contributed by atoms with Crippen molar-refractivity contribution in [3.63, 3.8) is 0 Å². The van der Waals surface area contributed by atoms with Gasteiger partial charge in [-0.2, -0.15) is 0 Å². The van der Waals surface area contributed by atoms with Crippen molar-refractivity contribution in [1.82, 2.24) is 19.5 Å². The minimum atomic E-state index is -0.991. The van der Waals surface area contributed by atoms with Crippen molar-refractivity contribution in [1.29, 1.82) is 0 Å². The molecule has 0 aromatic rings. The van der Waals surface area contributed by atoms with Gasteiger partial charge in [-0.3, -0.25) is 19.0 Å². The number of aromatic nitrogens is 4. The highest BCUT2D eigenvalue weighted by Crippen LogP contribution is 2.38. The molecule has 0 aromatic carbocycles. The average molecular weight is 424 g/mol. The quantitative estimate of drug-likeness (QED) is 0.282. The Morgan fingerprint density at radius 3 is 2.38 bits per heavy atom. The van der Waals surface area contributed by atoms with Crippen LogP contribution in [-0.2, 0) is 33.3 Å². The molecule has 156 valence electrons. The number of thioether (sulfide) groups is 1. The maximum atomic E-state index is 11.8. The number of ether oxygens (including phenoxy) is 4. The first-order chi connectivity index (χ1) is 13.8. The molecule has 3 aliphatic heterocycles. The van der Waals surface area contributed by atoms with Crippen molar-refractivity contribution in [2.75, 3.05) is 12.9 Å². The number of fused-ring (bicyclic) bond motifs is 1. The van der Waals surface area contributed by atoms with Gasteiger partial charge in [-0.15, -0.1) is 11.8 Å². The smallest absolute Gasteiger partial charge is 0.303 e. The second-order valence-corrected chi connectivity index (χ2v) is 7.02. The van der Waals surface area contributed by atoms with Gasteiger partial charge >= 0.3 is 17.9 Å². The summed E-state index contributed by atoms with van der Waals surface area (Å²) in [5.41, 5.74) is 0.553. The largest absolute Gasteiger partial charge is 0.463 e. The van der Waals surface area contributed by atoms with Crippen LogP contribution in [0.3, 0.4) is 0 Å². The van der Waals surface area contributed by atoms with Crippen molar-refractivity contribution in [2.24, 2.45) is 0 Å². The van der Waals surface area contributed by atoms with E-state index in [9.17, 15) is 14.4 Å². The first-order valence-corrected chi connectivity index (χ1v) is 9.89. The van der Waals surface area contributed by atoms with Crippen LogP contribution in [0.5, 0.6) is 0 Å². The summed E-state index contributed by atoms with van der Waals surface area (Å²) in [6.07, 6.45) is 1.02. The second-order valence-electron chi connectivity index (χ2n) is 6.22. The lowest BCUT2D eigenvalue weighted by Crippen LogP contribution is -2.40. The lowest BCUT2D eigenvalue weighted by atomic mass is 10.1. The number of esters is 3. The Morgan fingerprint density at radius 2 is 1.76 bits per heavy atom. The number of carbonyl (C=O) groups excluding carboxylic acids is 3. The summed E-state index contributed by atoms with van der Waals surface area (Å²) in [5.74, 6) is -1.23. The molecule has 0 amide bonds. The van der Waals surface area contributed by atoms with E-state index >= 15 is 0 Å². The predicted octanol–water partition coefficient (Wildman–Crippen LogP) is 0.824. The van der Waals surface area contributed by atoms with E-state index in [1.165, 1.54) is 45.2 Å². The van der Waals surface area contributed by atoms with Gasteiger partial charge in [-0.25, -0.2) is 15.0 Å². The average Bonchev–Trinajstić information content (AvgIpc) is 3.24. The number of hydrogen-bond donors (Lipinski definition) is 0. The minimum Gasteiger partial charge on any atom is -0.463 e. The monoisotopic (exact) mass is 424 g/mol. The van der Waals surface area contributed by atoms with E-state index in [-0.39, 0.29) is 6.61 Å². The summed E-state index contributed by atoms with van der Waals surface area (Å²) < 4.78 is 23.5. The lowest BCUT2D eigenvalue weighted by Gasteiger charge is -2.25. The molecule has 0 N–H and O–H groups in total. The molecule has 29 heavy (non-hydrogen) atoms. The molecule has 0 saturated carbocycles. The molecule has 11 nitrogen and oxygen atoms in total. The number of hydrogen-bond acceptors (Lipinski definition) is 11. The Balaban J connectivity index is 2.03. The van der Waals surface area contributed by atoms with Gasteiger partial charge in [-0.05, 0) is 6.26 Å². The van der Waals surface area contributed by atoms with Crippen molar-refractivity contribution >= 4 is 29.7 Å². The van der Waals surface area contributed by atoms with Gasteiger partial charge < -0.3 is 18.9 Å². The summed E-state index contributed by atoms with van der Waals surface area (Å²) in [6.45, 7) is 3.55. The van der Waals surface area contributed by atoms with Crippen LogP contribution in [0, 0.1) is 0 Å². The predicted molar refractivity (Wildman–Crippen MR) is 97.9 cm³/mol. The second kappa shape index (κ2) is 8.74. The summed E-state index contributed by atoms with van der Waals surface area (Å²) in [7, 11) is 0. The SMILES string of the molecule is CSc1c2ncnc-2ncn1[C@@H]1O[C@H](COC(C)=O)[C@H](OC(C)=O)[C@H]1OC(C)=O. The van der Waals surface area contributed by atoms with E-state index in [1.54, 1.807) is 4.57 Å². The zero-order valence-electron chi connectivity index (χ0n) is 16.2. The first-order valence-electron chi connectivity index (χ1n) is 8.66. The molecule has 3 rings (SSSR count). The Hall–Kier alpha value is -2.73. The molecule has 4 atom stereocenters. The molecule has 0 spiro atoms. The molecule has 0 aliphatic carbocycles. The van der Waals surface area contributed by atoms with Crippen LogP contribution in [0.1, 0.15) is 27.0 Å². The van der Waals surface area contributed by atoms with E-state index in [2.05, 4.69) is 15.0 Å². The van der Waals surface area contributed by atoms with Crippen molar-refractivity contribution in [3.05, 3.63) is 12.7 Å². The molecule has 12 heteroatoms. The van der Waals surface area contributed by atoms with Crippen LogP contribution in [-0.4, -0.2) is 68.6 Å². The van der Waals surface area contributed by atoms with Crippen molar-refractivity contribution in [3.8, 4) is 11.5 Å². The highest BCUT2D eigenvalue weighted by molar-refractivity contribution is 7.98. The fraction of sp³-hybridized carbons (Fsp3) is 0.529. The summed E-state index contributed by atoms with van der Waals surface area (Å²) in [4.78, 5) is 47.2. The summed E-state index contributed by atoms with van der Waals surface area (Å²) >= 11 is 1.38. The van der Waals surface area contributed by atoms with Crippen molar-refractivity contribution in [2.45, 2.75) is 50.3 Å². The van der Waals surface area contributed by atoms with Crippen molar-refractivity contribution < 1.29 is 33.3 Å². The number of imidazole rings is 1. The Kier molecular flexibility index (Phi) is 6.33. The molecule has 0 unspecified atom stereocenters. The molecule has 1 fully saturated rings. The van der Waals surface area contributed by atoms with E-state index in [0.717, 1.165) is 0 Å². The van der Waals surface area contributed by atoms with Crippen LogP contribution in [0.25, 0.3) is 11.5 Å². The van der Waals surface area contributed by atoms with Gasteiger partial charge in [0.15, 0.2) is 24.3 Å². The van der Waals surface area contributed by atoms with Gasteiger partial charge in [-0.1, -0.05) is 0 Å². The fourth-order valence-electron chi connectivity index (χ4n) is 3.10. The minimum absolute atomic E-state index is 0.178. The maximum Gasteiger partial charge on any atom is 0.303 e. The Labute approximate surface area is 170 Å². The van der Waals surface area contributed by atoms with Crippen LogP contribution in [0.2, 0.25) is 0 Å². The molecular weight excluding hydrogens is 404 g/mol. The number of nitrogens with zero attached hydrogens (tertiary/aromatic N) is 4. The lowest BCUT2D eigenvalue weighted by molar-refractivity contribution is -0.166. The maximum absolute atomic E-state index is 11.8. The topological polar surface area (TPSA) is 132 Å². The van der Waals surface area contributed by atoms with E-state index in [0.29, 0.717) is 16.5 Å². The molecular formula is C17H20N4O7S. The standard InChI is InChI=1S/C17H20N4O7S/c1-8(22)25-5-11-13(26-9(2)23)14(27-10(3)24)16(28-11)21-7-20-15-12(17(21)29-4)18-6-19-15/h6-7,11,13-14,16H,5H2,1-4H3/t11-,13+,14-,16-/m1/s1. The van der Waals surface area contributed by atoms with Gasteiger partial charge in [0.1, 0.15) is 36.1 Å². The fourth-order valence-corrected chi connectivity index (χ4v) is 3.80. The molecule has 0 bridgehead atoms. The third kappa shape index (κ3) is 4.48. The summed E-state index contributed by atoms with van der Waals surface area (Å²) in [6, 6.07) is 0. The van der Waals surface area contributed by atoms with E-state index in [4.69, 9.17) is 18.9 Å². The zero-order valence-corrected chi connectivity index (χ0v) is 17.0. The molecule has 3 heterocycles. The van der Waals surface area contributed by atoms with Gasteiger partial charge in [0.25, 0.3) is 0 Å². The highest BCUT2D eigenvalue weighted by atomic mass is 32.2. The van der Waals surface area contributed by atoms with E-state index < -0.39 is 42.4 Å².